The zero-order valence-corrected chi connectivity index (χ0v) is 14.2. The Balaban J connectivity index is 1.54. The van der Waals surface area contributed by atoms with E-state index in [0.29, 0.717) is 35.6 Å². The largest absolute Gasteiger partial charge is 0.492 e. The number of hydrogen-bond donors (Lipinski definition) is 1. The molecule has 3 rings (SSSR count). The Morgan fingerprint density at radius 1 is 1.12 bits per heavy atom. The molecule has 0 amide bonds. The molecular formula is C17H17FN4O2S. The van der Waals surface area contributed by atoms with Gasteiger partial charge in [-0.2, -0.15) is 0 Å². The third-order valence-electron chi connectivity index (χ3n) is 3.26. The molecule has 2 aromatic heterocycles. The minimum absolute atomic E-state index is 0.306. The van der Waals surface area contributed by atoms with E-state index in [2.05, 4.69) is 15.2 Å². The van der Waals surface area contributed by atoms with Gasteiger partial charge in [0.2, 0.25) is 5.89 Å². The van der Waals surface area contributed by atoms with Crippen molar-refractivity contribution in [1.29, 1.82) is 0 Å². The highest BCUT2D eigenvalue weighted by Crippen LogP contribution is 2.25. The molecule has 3 aromatic rings. The van der Waals surface area contributed by atoms with Crippen molar-refractivity contribution in [2.45, 2.75) is 17.4 Å². The minimum atomic E-state index is -0.306. The van der Waals surface area contributed by atoms with Crippen LogP contribution in [0.2, 0.25) is 0 Å². The lowest BCUT2D eigenvalue weighted by Crippen LogP contribution is -2.06. The monoisotopic (exact) mass is 360 g/mol. The molecule has 25 heavy (non-hydrogen) atoms. The lowest BCUT2D eigenvalue weighted by Gasteiger charge is -2.05. The summed E-state index contributed by atoms with van der Waals surface area (Å²) in [5.41, 5.74) is 6.97. The molecule has 2 heterocycles. The first kappa shape index (κ1) is 17.4. The maximum atomic E-state index is 12.9. The first-order chi connectivity index (χ1) is 12.2. The summed E-state index contributed by atoms with van der Waals surface area (Å²) >= 11 is 1.39. The second-order valence-corrected chi connectivity index (χ2v) is 6.07. The van der Waals surface area contributed by atoms with Gasteiger partial charge in [0.15, 0.2) is 0 Å². The van der Waals surface area contributed by atoms with Crippen LogP contribution in [0, 0.1) is 5.82 Å². The number of aromatic nitrogens is 3. The molecule has 0 aliphatic carbocycles. The van der Waals surface area contributed by atoms with Gasteiger partial charge in [-0.05, 0) is 49.4 Å². The summed E-state index contributed by atoms with van der Waals surface area (Å²) < 4.78 is 24.0. The van der Waals surface area contributed by atoms with Crippen molar-refractivity contribution < 1.29 is 13.5 Å². The summed E-state index contributed by atoms with van der Waals surface area (Å²) in [4.78, 5) is 4.34. The number of benzene rings is 1. The highest BCUT2D eigenvalue weighted by Gasteiger charge is 2.10. The highest BCUT2D eigenvalue weighted by molar-refractivity contribution is 7.98. The quantitative estimate of drug-likeness (QED) is 0.487. The number of nitrogens with zero attached hydrogens (tertiary/aromatic N) is 3. The zero-order valence-electron chi connectivity index (χ0n) is 13.4. The van der Waals surface area contributed by atoms with Gasteiger partial charge in [0.25, 0.3) is 5.22 Å². The van der Waals surface area contributed by atoms with Gasteiger partial charge in [-0.3, -0.25) is 4.98 Å². The molecule has 0 unspecified atom stereocenters. The van der Waals surface area contributed by atoms with Crippen LogP contribution in [-0.2, 0) is 5.75 Å². The maximum absolute atomic E-state index is 12.9. The van der Waals surface area contributed by atoms with E-state index in [1.54, 1.807) is 18.3 Å². The van der Waals surface area contributed by atoms with Crippen LogP contribution in [-0.4, -0.2) is 28.3 Å². The summed E-state index contributed by atoms with van der Waals surface area (Å²) in [6.07, 6.45) is 2.50. The van der Waals surface area contributed by atoms with Crippen molar-refractivity contribution in [3.63, 3.8) is 0 Å². The Morgan fingerprint density at radius 2 is 1.96 bits per heavy atom. The summed E-state index contributed by atoms with van der Waals surface area (Å²) in [6.45, 7) is 1.19. The Hall–Kier alpha value is -2.45. The van der Waals surface area contributed by atoms with Crippen molar-refractivity contribution in [3.8, 4) is 17.2 Å². The molecule has 0 radical (unpaired) electrons. The van der Waals surface area contributed by atoms with Gasteiger partial charge >= 0.3 is 0 Å². The van der Waals surface area contributed by atoms with E-state index in [1.165, 1.54) is 23.9 Å². The van der Waals surface area contributed by atoms with E-state index in [9.17, 15) is 4.39 Å². The summed E-state index contributed by atoms with van der Waals surface area (Å²) in [5.74, 6) is 1.37. The molecule has 2 N–H and O–H groups in total. The average Bonchev–Trinajstić information content (AvgIpc) is 3.11. The Morgan fingerprint density at radius 3 is 2.68 bits per heavy atom. The molecule has 130 valence electrons. The summed E-state index contributed by atoms with van der Waals surface area (Å²) in [6, 6.07) is 9.67. The van der Waals surface area contributed by atoms with E-state index >= 15 is 0 Å². The van der Waals surface area contributed by atoms with Gasteiger partial charge in [-0.1, -0.05) is 11.8 Å². The SMILES string of the molecule is NCCCOc1ccc(CSc2nnc(-c3ccc(F)cc3)o2)nc1. The molecule has 0 atom stereocenters. The van der Waals surface area contributed by atoms with Gasteiger partial charge < -0.3 is 14.9 Å². The van der Waals surface area contributed by atoms with Crippen LogP contribution < -0.4 is 10.5 Å². The standard InChI is InChI=1S/C17H17FN4O2S/c18-13-4-2-12(3-5-13)16-21-22-17(24-16)25-11-14-6-7-15(10-20-14)23-9-1-8-19/h2-7,10H,1,8-9,11,19H2. The molecule has 0 saturated carbocycles. The third-order valence-corrected chi connectivity index (χ3v) is 4.11. The Kier molecular flexibility index (Phi) is 5.97. The van der Waals surface area contributed by atoms with Crippen LogP contribution in [0.1, 0.15) is 12.1 Å². The predicted octanol–water partition coefficient (Wildman–Crippen LogP) is 3.29. The Bertz CT molecular complexity index is 793. The van der Waals surface area contributed by atoms with E-state index in [0.717, 1.165) is 17.9 Å². The highest BCUT2D eigenvalue weighted by atomic mass is 32.2. The summed E-state index contributed by atoms with van der Waals surface area (Å²) in [7, 11) is 0. The molecule has 0 fully saturated rings. The van der Waals surface area contributed by atoms with E-state index in [4.69, 9.17) is 14.9 Å². The number of rotatable bonds is 8. The number of nitrogens with two attached hydrogens (primary N) is 1. The van der Waals surface area contributed by atoms with Gasteiger partial charge in [0.1, 0.15) is 11.6 Å². The molecule has 0 aliphatic rings. The van der Waals surface area contributed by atoms with Crippen LogP contribution in [0.5, 0.6) is 5.75 Å². The number of ether oxygens (including phenoxy) is 1. The number of halogens is 1. The van der Waals surface area contributed by atoms with E-state index in [-0.39, 0.29) is 5.82 Å². The lowest BCUT2D eigenvalue weighted by molar-refractivity contribution is 0.312. The second-order valence-electron chi connectivity index (χ2n) is 5.14. The molecular weight excluding hydrogens is 343 g/mol. The minimum Gasteiger partial charge on any atom is -0.492 e. The van der Waals surface area contributed by atoms with Crippen molar-refractivity contribution in [2.75, 3.05) is 13.2 Å². The van der Waals surface area contributed by atoms with Gasteiger partial charge in [-0.25, -0.2) is 4.39 Å². The Labute approximate surface area is 148 Å². The first-order valence-corrected chi connectivity index (χ1v) is 8.73. The first-order valence-electron chi connectivity index (χ1n) is 7.74. The number of pyridine rings is 1. The van der Waals surface area contributed by atoms with Crippen LogP contribution in [0.15, 0.2) is 52.2 Å². The van der Waals surface area contributed by atoms with Crippen LogP contribution in [0.3, 0.4) is 0 Å². The second kappa shape index (κ2) is 8.59. The van der Waals surface area contributed by atoms with E-state index in [1.807, 2.05) is 12.1 Å². The molecule has 6 nitrogen and oxygen atoms in total. The van der Waals surface area contributed by atoms with E-state index < -0.39 is 0 Å². The molecule has 0 spiro atoms. The predicted molar refractivity (Wildman–Crippen MR) is 92.7 cm³/mol. The zero-order chi connectivity index (χ0) is 17.5. The van der Waals surface area contributed by atoms with Crippen molar-refractivity contribution in [3.05, 3.63) is 54.1 Å². The van der Waals surface area contributed by atoms with Crippen molar-refractivity contribution in [2.24, 2.45) is 5.73 Å². The average molecular weight is 360 g/mol. The van der Waals surface area contributed by atoms with Gasteiger partial charge in [0.05, 0.1) is 18.5 Å². The van der Waals surface area contributed by atoms with Gasteiger partial charge in [-0.15, -0.1) is 10.2 Å². The smallest absolute Gasteiger partial charge is 0.277 e. The van der Waals surface area contributed by atoms with Crippen LogP contribution >= 0.6 is 11.8 Å². The molecule has 0 aliphatic heterocycles. The topological polar surface area (TPSA) is 87.1 Å². The fraction of sp³-hybridized carbons (Fsp3) is 0.235. The third kappa shape index (κ3) is 5.01. The van der Waals surface area contributed by atoms with Crippen molar-refractivity contribution in [1.82, 2.24) is 15.2 Å². The number of hydrogen-bond acceptors (Lipinski definition) is 7. The fourth-order valence-corrected chi connectivity index (χ4v) is 2.65. The normalized spacial score (nSPS) is 10.8. The molecule has 0 bridgehead atoms. The molecule has 1 aromatic carbocycles. The molecule has 8 heteroatoms. The number of thioether (sulfide) groups is 1. The van der Waals surface area contributed by atoms with Crippen LogP contribution in [0.25, 0.3) is 11.5 Å². The summed E-state index contributed by atoms with van der Waals surface area (Å²) in [5, 5.41) is 8.39. The molecule has 0 saturated heterocycles. The fourth-order valence-electron chi connectivity index (χ4n) is 1.97. The van der Waals surface area contributed by atoms with Crippen LogP contribution in [0.4, 0.5) is 4.39 Å². The van der Waals surface area contributed by atoms with Crippen molar-refractivity contribution >= 4 is 11.8 Å². The van der Waals surface area contributed by atoms with Gasteiger partial charge in [0, 0.05) is 11.3 Å². The maximum Gasteiger partial charge on any atom is 0.277 e. The lowest BCUT2D eigenvalue weighted by atomic mass is 10.2.